The minimum Gasteiger partial charge on any atom is -0.493 e. The van der Waals surface area contributed by atoms with Gasteiger partial charge in [0.2, 0.25) is 0 Å². The maximum absolute atomic E-state index is 13.1. The highest BCUT2D eigenvalue weighted by Crippen LogP contribution is 2.35. The second-order valence-corrected chi connectivity index (χ2v) is 7.56. The number of nitrogens with one attached hydrogen (secondary N) is 1. The smallest absolute Gasteiger partial charge is 0.335 e. The maximum Gasteiger partial charge on any atom is 0.335 e. The molecule has 4 amide bonds. The average molecular weight is 494 g/mol. The molecule has 0 radical (unpaired) electrons. The summed E-state index contributed by atoms with van der Waals surface area (Å²) in [5, 5.41) is 2.60. The van der Waals surface area contributed by atoms with Gasteiger partial charge in [-0.25, -0.2) is 9.69 Å². The zero-order chi connectivity index (χ0) is 22.0. The molecule has 1 N–H and O–H groups in total. The summed E-state index contributed by atoms with van der Waals surface area (Å²) in [7, 11) is 1.51. The number of barbiturate groups is 1. The number of imide groups is 2. The van der Waals surface area contributed by atoms with Crippen LogP contribution in [0, 0.1) is 6.92 Å². The number of halogens is 2. The fourth-order valence-electron chi connectivity index (χ4n) is 2.96. The summed E-state index contributed by atoms with van der Waals surface area (Å²) in [6.07, 6.45) is 1.39. The van der Waals surface area contributed by atoms with Crippen LogP contribution in [0.2, 0.25) is 5.02 Å². The number of hydrogen-bond donors (Lipinski definition) is 1. The van der Waals surface area contributed by atoms with Crippen LogP contribution in [0.3, 0.4) is 0 Å². The number of ether oxygens (including phenoxy) is 2. The van der Waals surface area contributed by atoms with Crippen LogP contribution in [-0.2, 0) is 9.59 Å². The zero-order valence-corrected chi connectivity index (χ0v) is 18.8. The second kappa shape index (κ2) is 8.89. The van der Waals surface area contributed by atoms with E-state index in [1.165, 1.54) is 13.2 Å². The number of benzene rings is 2. The summed E-state index contributed by atoms with van der Waals surface area (Å²) in [5.74, 6) is -0.592. The lowest BCUT2D eigenvalue weighted by Gasteiger charge is -2.27. The molecule has 0 saturated carbocycles. The van der Waals surface area contributed by atoms with Gasteiger partial charge < -0.3 is 9.47 Å². The van der Waals surface area contributed by atoms with Crippen molar-refractivity contribution < 1.29 is 23.9 Å². The van der Waals surface area contributed by atoms with Crippen LogP contribution in [0.15, 0.2) is 40.4 Å². The van der Waals surface area contributed by atoms with Gasteiger partial charge in [-0.05, 0) is 55.3 Å². The van der Waals surface area contributed by atoms with Crippen LogP contribution in [0.25, 0.3) is 6.08 Å². The topological polar surface area (TPSA) is 84.9 Å². The minimum absolute atomic E-state index is 0.206. The lowest BCUT2D eigenvalue weighted by molar-refractivity contribution is -0.122. The number of urea groups is 1. The number of rotatable bonds is 5. The Morgan fingerprint density at radius 3 is 2.60 bits per heavy atom. The van der Waals surface area contributed by atoms with E-state index >= 15 is 0 Å². The van der Waals surface area contributed by atoms with Crippen molar-refractivity contribution in [2.24, 2.45) is 0 Å². The number of methoxy groups -OCH3 is 1. The number of nitrogens with zero attached hydrogens (tertiary/aromatic N) is 1. The number of carbonyl (C=O) groups is 3. The van der Waals surface area contributed by atoms with Crippen molar-refractivity contribution in [2.75, 3.05) is 18.6 Å². The van der Waals surface area contributed by atoms with Crippen LogP contribution < -0.4 is 19.7 Å². The van der Waals surface area contributed by atoms with E-state index in [1.807, 2.05) is 6.92 Å². The van der Waals surface area contributed by atoms with Gasteiger partial charge in [0, 0.05) is 9.50 Å². The first-order valence-electron chi connectivity index (χ1n) is 8.95. The lowest BCUT2D eigenvalue weighted by atomic mass is 10.1. The zero-order valence-electron chi connectivity index (χ0n) is 16.4. The summed E-state index contributed by atoms with van der Waals surface area (Å²) in [6.45, 7) is 3.92. The van der Waals surface area contributed by atoms with E-state index in [-0.39, 0.29) is 5.57 Å². The Hall–Kier alpha value is -2.84. The van der Waals surface area contributed by atoms with Crippen LogP contribution in [0.1, 0.15) is 18.1 Å². The quantitative estimate of drug-likeness (QED) is 0.490. The Labute approximate surface area is 186 Å². The van der Waals surface area contributed by atoms with E-state index in [0.29, 0.717) is 44.4 Å². The first kappa shape index (κ1) is 21.9. The van der Waals surface area contributed by atoms with Crippen molar-refractivity contribution in [1.82, 2.24) is 5.32 Å². The SMILES string of the molecule is CCOc1cc(/C=C2\C(=O)NC(=O)N(c3cccc(Cl)c3C)C2=O)c(Br)cc1OC. The van der Waals surface area contributed by atoms with Gasteiger partial charge in [-0.15, -0.1) is 0 Å². The molecule has 1 fully saturated rings. The fourth-order valence-corrected chi connectivity index (χ4v) is 3.57. The molecule has 0 bridgehead atoms. The average Bonchev–Trinajstić information content (AvgIpc) is 2.70. The standard InChI is InChI=1S/C21H18BrClN2O5/c1-4-30-18-9-12(14(22)10-17(18)29-3)8-13-19(26)24-21(28)25(20(13)27)16-7-5-6-15(23)11(16)2/h5-10H,4H2,1-3H3,(H,24,26,28)/b13-8+. The monoisotopic (exact) mass is 492 g/mol. The molecule has 1 heterocycles. The van der Waals surface area contributed by atoms with Crippen molar-refractivity contribution in [3.63, 3.8) is 0 Å². The predicted molar refractivity (Wildman–Crippen MR) is 117 cm³/mol. The molecule has 7 nitrogen and oxygen atoms in total. The van der Waals surface area contributed by atoms with Crippen LogP contribution in [0.5, 0.6) is 11.5 Å². The van der Waals surface area contributed by atoms with Gasteiger partial charge in [0.1, 0.15) is 5.57 Å². The van der Waals surface area contributed by atoms with E-state index in [4.69, 9.17) is 21.1 Å². The van der Waals surface area contributed by atoms with Crippen molar-refractivity contribution in [2.45, 2.75) is 13.8 Å². The largest absolute Gasteiger partial charge is 0.493 e. The van der Waals surface area contributed by atoms with Crippen molar-refractivity contribution in [3.8, 4) is 11.5 Å². The van der Waals surface area contributed by atoms with E-state index < -0.39 is 17.8 Å². The van der Waals surface area contributed by atoms with Gasteiger partial charge in [-0.2, -0.15) is 0 Å². The van der Waals surface area contributed by atoms with Gasteiger partial charge in [0.15, 0.2) is 11.5 Å². The molecular formula is C21H18BrClN2O5. The van der Waals surface area contributed by atoms with E-state index in [9.17, 15) is 14.4 Å². The Bertz CT molecular complexity index is 1080. The molecule has 2 aromatic rings. The van der Waals surface area contributed by atoms with Gasteiger partial charge in [-0.1, -0.05) is 33.6 Å². The first-order valence-corrected chi connectivity index (χ1v) is 10.1. The van der Waals surface area contributed by atoms with Gasteiger partial charge in [-0.3, -0.25) is 14.9 Å². The number of hydrogen-bond acceptors (Lipinski definition) is 5. The Morgan fingerprint density at radius 2 is 1.93 bits per heavy atom. The molecule has 0 atom stereocenters. The fraction of sp³-hybridized carbons (Fsp3) is 0.190. The molecule has 1 aliphatic rings. The summed E-state index contributed by atoms with van der Waals surface area (Å²) in [6, 6.07) is 7.34. The normalized spacial score (nSPS) is 15.4. The molecule has 3 rings (SSSR count). The highest BCUT2D eigenvalue weighted by atomic mass is 79.9. The van der Waals surface area contributed by atoms with Crippen molar-refractivity contribution in [3.05, 3.63) is 56.5 Å². The summed E-state index contributed by atoms with van der Waals surface area (Å²) < 4.78 is 11.4. The molecule has 0 aromatic heterocycles. The van der Waals surface area contributed by atoms with Crippen molar-refractivity contribution >= 4 is 57.1 Å². The predicted octanol–water partition coefficient (Wildman–Crippen LogP) is 4.48. The molecule has 0 unspecified atom stereocenters. The summed E-state index contributed by atoms with van der Waals surface area (Å²) >= 11 is 9.55. The summed E-state index contributed by atoms with van der Waals surface area (Å²) in [4.78, 5) is 38.9. The minimum atomic E-state index is -0.837. The maximum atomic E-state index is 13.1. The molecule has 1 saturated heterocycles. The molecular weight excluding hydrogens is 476 g/mol. The Balaban J connectivity index is 2.09. The van der Waals surface area contributed by atoms with E-state index in [1.54, 1.807) is 37.3 Å². The highest BCUT2D eigenvalue weighted by molar-refractivity contribution is 9.10. The van der Waals surface area contributed by atoms with E-state index in [2.05, 4.69) is 21.2 Å². The second-order valence-electron chi connectivity index (χ2n) is 6.30. The molecule has 0 spiro atoms. The number of amides is 4. The molecule has 30 heavy (non-hydrogen) atoms. The number of carbonyl (C=O) groups excluding carboxylic acids is 3. The third kappa shape index (κ3) is 4.06. The third-order valence-corrected chi connectivity index (χ3v) is 5.56. The van der Waals surface area contributed by atoms with E-state index in [0.717, 1.165) is 4.90 Å². The summed E-state index contributed by atoms with van der Waals surface area (Å²) in [5.41, 5.74) is 1.14. The molecule has 2 aromatic carbocycles. The van der Waals surface area contributed by atoms with Gasteiger partial charge >= 0.3 is 6.03 Å². The molecule has 1 aliphatic heterocycles. The Morgan fingerprint density at radius 1 is 1.20 bits per heavy atom. The third-order valence-electron chi connectivity index (χ3n) is 4.46. The first-order chi connectivity index (χ1) is 14.3. The highest BCUT2D eigenvalue weighted by Gasteiger charge is 2.37. The van der Waals surface area contributed by atoms with Crippen LogP contribution in [0.4, 0.5) is 10.5 Å². The molecule has 156 valence electrons. The Kier molecular flexibility index (Phi) is 6.48. The van der Waals surface area contributed by atoms with Crippen molar-refractivity contribution in [1.29, 1.82) is 0 Å². The van der Waals surface area contributed by atoms with Crippen LogP contribution in [-0.4, -0.2) is 31.6 Å². The number of anilines is 1. The van der Waals surface area contributed by atoms with Gasteiger partial charge in [0.05, 0.1) is 19.4 Å². The molecule has 0 aliphatic carbocycles. The lowest BCUT2D eigenvalue weighted by Crippen LogP contribution is -2.54. The van der Waals surface area contributed by atoms with Crippen LogP contribution >= 0.6 is 27.5 Å². The van der Waals surface area contributed by atoms with Gasteiger partial charge in [0.25, 0.3) is 11.8 Å². The molecule has 9 heteroatoms.